The van der Waals surface area contributed by atoms with Crippen molar-refractivity contribution in [3.63, 3.8) is 0 Å². The summed E-state index contributed by atoms with van der Waals surface area (Å²) in [5.41, 5.74) is 19.3. The van der Waals surface area contributed by atoms with Crippen molar-refractivity contribution in [2.45, 2.75) is 24.9 Å². The minimum absolute atomic E-state index is 0. The van der Waals surface area contributed by atoms with Crippen LogP contribution in [0.15, 0.2) is 55.1 Å². The number of nitrogens with zero attached hydrogens (tertiary/aromatic N) is 4. The molecular weight excluding hydrogens is 479 g/mol. The van der Waals surface area contributed by atoms with Gasteiger partial charge in [0.1, 0.15) is 17.9 Å². The molecule has 170 valence electrons. The molecule has 34 heavy (non-hydrogen) atoms. The zero-order valence-electron chi connectivity index (χ0n) is 19.2. The van der Waals surface area contributed by atoms with Crippen LogP contribution < -0.4 is 17.0 Å². The fraction of sp³-hybridized carbons (Fsp3) is 0.300. The average molecular weight is 503 g/mol. The van der Waals surface area contributed by atoms with Crippen LogP contribution in [0.5, 0.6) is 0 Å². The molecule has 2 aromatic heterocycles. The number of rotatable bonds is 8. The summed E-state index contributed by atoms with van der Waals surface area (Å²) in [5.74, 6) is -0.654. The SMILES string of the molecule is Nc1ncnc2c1ncn2[C@@H]1C=C[C@H](COP(N)(=O)OC(=O)[C@@H](N)Cc2ccccc2)C1.[Na].[Na]. The van der Waals surface area contributed by atoms with E-state index in [0.717, 1.165) is 5.56 Å². The molecule has 0 saturated carbocycles. The average Bonchev–Trinajstić information content (AvgIpc) is 3.40. The molecular formula is C20H24N7Na2O4P. The number of fused-ring (bicyclic) bond motifs is 1. The summed E-state index contributed by atoms with van der Waals surface area (Å²) in [5, 5.41) is 0. The minimum Gasteiger partial charge on any atom is -0.382 e. The van der Waals surface area contributed by atoms with Crippen LogP contribution in [-0.2, 0) is 24.8 Å². The number of anilines is 1. The van der Waals surface area contributed by atoms with Crippen LogP contribution in [0.4, 0.5) is 5.82 Å². The van der Waals surface area contributed by atoms with Crippen LogP contribution in [-0.4, -0.2) is 97.3 Å². The van der Waals surface area contributed by atoms with E-state index < -0.39 is 19.8 Å². The van der Waals surface area contributed by atoms with Crippen molar-refractivity contribution < 1.29 is 18.4 Å². The third kappa shape index (κ3) is 7.20. The quantitative estimate of drug-likeness (QED) is 0.228. The van der Waals surface area contributed by atoms with Crippen LogP contribution in [0.25, 0.3) is 11.2 Å². The van der Waals surface area contributed by atoms with Crippen LogP contribution in [0, 0.1) is 5.92 Å². The zero-order valence-corrected chi connectivity index (χ0v) is 24.0. The number of allylic oxidation sites excluding steroid dienone is 1. The number of aromatic nitrogens is 4. The smallest absolute Gasteiger partial charge is 0.382 e. The number of carbonyl (C=O) groups excluding carboxylic acids is 1. The Kier molecular flexibility index (Phi) is 10.9. The number of hydrogen-bond donors (Lipinski definition) is 3. The van der Waals surface area contributed by atoms with E-state index in [0.29, 0.717) is 23.4 Å². The maximum atomic E-state index is 12.4. The zero-order chi connectivity index (χ0) is 22.7. The summed E-state index contributed by atoms with van der Waals surface area (Å²) in [6, 6.07) is 8.15. The maximum Gasteiger partial charge on any atom is 0.458 e. The number of imidazole rings is 1. The second kappa shape index (κ2) is 12.7. The first-order chi connectivity index (χ1) is 15.3. The van der Waals surface area contributed by atoms with Crippen molar-refractivity contribution in [3.05, 3.63) is 60.7 Å². The summed E-state index contributed by atoms with van der Waals surface area (Å²) in [6.07, 6.45) is 7.80. The Balaban J connectivity index is 0.00000204. The Bertz CT molecular complexity index is 1190. The largest absolute Gasteiger partial charge is 0.458 e. The van der Waals surface area contributed by atoms with Crippen LogP contribution in [0.1, 0.15) is 18.0 Å². The van der Waals surface area contributed by atoms with Crippen molar-refractivity contribution in [1.82, 2.24) is 19.5 Å². The Labute approximate surface area is 241 Å². The Morgan fingerprint density at radius 1 is 1.18 bits per heavy atom. The second-order valence-electron chi connectivity index (χ2n) is 7.57. The number of hydrogen-bond acceptors (Lipinski definition) is 9. The molecule has 1 unspecified atom stereocenters. The first-order valence-corrected chi connectivity index (χ1v) is 11.6. The molecule has 2 heterocycles. The van der Waals surface area contributed by atoms with Crippen molar-refractivity contribution in [1.29, 1.82) is 0 Å². The summed E-state index contributed by atoms with van der Waals surface area (Å²) in [7, 11) is -4.10. The van der Waals surface area contributed by atoms with Gasteiger partial charge in [0, 0.05) is 65.0 Å². The topological polar surface area (TPSA) is 174 Å². The summed E-state index contributed by atoms with van der Waals surface area (Å²) in [6.45, 7) is 0.0196. The van der Waals surface area contributed by atoms with E-state index >= 15 is 0 Å². The fourth-order valence-corrected chi connectivity index (χ4v) is 4.40. The van der Waals surface area contributed by atoms with Gasteiger partial charge in [-0.1, -0.05) is 42.5 Å². The van der Waals surface area contributed by atoms with Gasteiger partial charge in [-0.3, -0.25) is 4.52 Å². The van der Waals surface area contributed by atoms with E-state index in [1.54, 1.807) is 6.33 Å². The van der Waals surface area contributed by atoms with Gasteiger partial charge >= 0.3 is 13.7 Å². The first-order valence-electron chi connectivity index (χ1n) is 10.00. The van der Waals surface area contributed by atoms with Gasteiger partial charge in [-0.15, -0.1) is 0 Å². The molecule has 0 amide bonds. The standard InChI is InChI=1S/C20H24N7O4P.2Na/c21-16(9-13-4-2-1-3-5-13)20(28)31-32(23,29)30-10-14-6-7-15(8-14)27-12-26-17-18(22)24-11-25-19(17)27;;/h1-7,11-12,14-16H,8-10,21H2,(H2,23,29)(H2,22,24,25);;/t14-,15+,16-,32?;;/m0../s1. The van der Waals surface area contributed by atoms with Crippen molar-refractivity contribution in [2.24, 2.45) is 17.2 Å². The van der Waals surface area contributed by atoms with Crippen molar-refractivity contribution >= 4 is 89.8 Å². The van der Waals surface area contributed by atoms with Crippen molar-refractivity contribution in [3.8, 4) is 0 Å². The predicted octanol–water partition coefficient (Wildman–Crippen LogP) is 0.961. The van der Waals surface area contributed by atoms with Gasteiger partial charge in [-0.05, 0) is 18.4 Å². The summed E-state index contributed by atoms with van der Waals surface area (Å²) >= 11 is 0. The molecule has 0 fully saturated rings. The molecule has 0 aliphatic heterocycles. The molecule has 6 N–H and O–H groups in total. The van der Waals surface area contributed by atoms with Gasteiger partial charge in [0.15, 0.2) is 11.5 Å². The Morgan fingerprint density at radius 3 is 2.65 bits per heavy atom. The van der Waals surface area contributed by atoms with Crippen LogP contribution in [0.3, 0.4) is 0 Å². The monoisotopic (exact) mass is 503 g/mol. The second-order valence-corrected chi connectivity index (χ2v) is 9.09. The molecule has 4 atom stereocenters. The molecule has 3 aromatic rings. The molecule has 1 aliphatic rings. The molecule has 1 aromatic carbocycles. The Morgan fingerprint density at radius 2 is 1.91 bits per heavy atom. The van der Waals surface area contributed by atoms with Crippen LogP contribution >= 0.6 is 7.75 Å². The van der Waals surface area contributed by atoms with Gasteiger partial charge in [0.05, 0.1) is 19.0 Å². The van der Waals surface area contributed by atoms with Gasteiger partial charge < -0.3 is 20.6 Å². The van der Waals surface area contributed by atoms with E-state index in [-0.39, 0.29) is 84.1 Å². The summed E-state index contributed by atoms with van der Waals surface area (Å²) in [4.78, 5) is 24.6. The third-order valence-corrected chi connectivity index (χ3v) is 6.12. The molecule has 0 saturated heterocycles. The molecule has 2 radical (unpaired) electrons. The molecule has 0 bridgehead atoms. The van der Waals surface area contributed by atoms with Gasteiger partial charge in [0.2, 0.25) is 0 Å². The molecule has 4 rings (SSSR count). The minimum atomic E-state index is -4.10. The molecule has 11 nitrogen and oxygen atoms in total. The normalized spacial score (nSPS) is 19.6. The van der Waals surface area contributed by atoms with E-state index in [9.17, 15) is 9.36 Å². The van der Waals surface area contributed by atoms with Gasteiger partial charge in [-0.2, -0.15) is 0 Å². The third-order valence-electron chi connectivity index (χ3n) is 5.18. The van der Waals surface area contributed by atoms with Gasteiger partial charge in [0.25, 0.3) is 0 Å². The first kappa shape index (κ1) is 29.1. The van der Waals surface area contributed by atoms with E-state index in [4.69, 9.17) is 26.0 Å². The molecule has 14 heteroatoms. The number of carbonyl (C=O) groups is 1. The van der Waals surface area contributed by atoms with E-state index in [2.05, 4.69) is 15.0 Å². The number of nitrogen functional groups attached to an aromatic ring is 1. The van der Waals surface area contributed by atoms with Gasteiger partial charge in [-0.25, -0.2) is 29.8 Å². The van der Waals surface area contributed by atoms with E-state index in [1.807, 2.05) is 47.1 Å². The fourth-order valence-electron chi connectivity index (χ4n) is 3.57. The number of nitrogens with two attached hydrogens (primary N) is 3. The molecule has 1 aliphatic carbocycles. The predicted molar refractivity (Wildman–Crippen MR) is 129 cm³/mol. The number of benzene rings is 1. The van der Waals surface area contributed by atoms with E-state index in [1.165, 1.54) is 6.33 Å². The van der Waals surface area contributed by atoms with Crippen molar-refractivity contribution in [2.75, 3.05) is 12.3 Å². The Hall–Kier alpha value is -1.11. The maximum absolute atomic E-state index is 12.4. The molecule has 0 spiro atoms. The van der Waals surface area contributed by atoms with Crippen LogP contribution in [0.2, 0.25) is 0 Å². The summed E-state index contributed by atoms with van der Waals surface area (Å²) < 4.78 is 24.5.